The highest BCUT2D eigenvalue weighted by atomic mass is 32.1. The van der Waals surface area contributed by atoms with E-state index in [1.165, 1.54) is 18.0 Å². The van der Waals surface area contributed by atoms with E-state index >= 15 is 0 Å². The second-order valence-corrected chi connectivity index (χ2v) is 7.05. The second kappa shape index (κ2) is 7.77. The Bertz CT molecular complexity index is 1030. The molecule has 3 rings (SSSR count). The van der Waals surface area contributed by atoms with Gasteiger partial charge in [-0.3, -0.25) is 4.79 Å². The number of halogens is 2. The molecule has 1 N–H and O–H groups in total. The molecule has 1 heterocycles. The van der Waals surface area contributed by atoms with Crippen molar-refractivity contribution in [1.82, 2.24) is 0 Å². The fraction of sp³-hybridized carbons (Fsp3) is 0.100. The summed E-state index contributed by atoms with van der Waals surface area (Å²) in [5.41, 5.74) is 1.77. The van der Waals surface area contributed by atoms with Crippen LogP contribution in [0.3, 0.4) is 0 Å². The normalized spacial score (nSPS) is 10.6. The highest BCUT2D eigenvalue weighted by Gasteiger charge is 2.23. The predicted molar refractivity (Wildman–Crippen MR) is 102 cm³/mol. The van der Waals surface area contributed by atoms with E-state index < -0.39 is 17.8 Å². The fourth-order valence-corrected chi connectivity index (χ4v) is 3.61. The number of aryl methyl sites for hydroxylation is 1. The van der Waals surface area contributed by atoms with E-state index in [4.69, 9.17) is 9.84 Å². The number of ether oxygens (including phenoxy) is 1. The van der Waals surface area contributed by atoms with Crippen LogP contribution >= 0.6 is 11.3 Å². The standard InChI is InChI=1S/C20H15F2NO4S/c1-11-3-5-12(6-4-11)18(24)23(2)16-10-17(28-19(16)27-20(25)26)13-7-14(21)9-15(22)8-13/h3-10H,1-2H3,(H,25,26). The number of benzene rings is 2. The number of anilines is 1. The largest absolute Gasteiger partial charge is 0.512 e. The van der Waals surface area contributed by atoms with Crippen LogP contribution in [0.15, 0.2) is 48.5 Å². The Labute approximate surface area is 163 Å². The Morgan fingerprint density at radius 1 is 1.04 bits per heavy atom. The number of carboxylic acid groups (broad SMARTS) is 1. The van der Waals surface area contributed by atoms with Crippen LogP contribution in [0.2, 0.25) is 0 Å². The minimum absolute atomic E-state index is 0.0740. The predicted octanol–water partition coefficient (Wildman–Crippen LogP) is 5.34. The highest BCUT2D eigenvalue weighted by molar-refractivity contribution is 7.18. The second-order valence-electron chi connectivity index (χ2n) is 6.04. The van der Waals surface area contributed by atoms with Crippen LogP contribution in [-0.4, -0.2) is 24.2 Å². The molecule has 0 aliphatic heterocycles. The maximum Gasteiger partial charge on any atom is 0.512 e. The summed E-state index contributed by atoms with van der Waals surface area (Å²) in [5, 5.41) is 8.91. The lowest BCUT2D eigenvalue weighted by atomic mass is 10.1. The van der Waals surface area contributed by atoms with Gasteiger partial charge in [-0.25, -0.2) is 13.6 Å². The number of rotatable bonds is 4. The molecule has 144 valence electrons. The van der Waals surface area contributed by atoms with Gasteiger partial charge in [0.2, 0.25) is 5.06 Å². The van der Waals surface area contributed by atoms with Crippen LogP contribution in [0.25, 0.3) is 10.4 Å². The number of nitrogens with zero attached hydrogens (tertiary/aromatic N) is 1. The van der Waals surface area contributed by atoms with Crippen molar-refractivity contribution in [2.75, 3.05) is 11.9 Å². The number of carbonyl (C=O) groups is 2. The molecule has 0 radical (unpaired) electrons. The Hall–Kier alpha value is -3.26. The number of amides is 1. The molecule has 28 heavy (non-hydrogen) atoms. The van der Waals surface area contributed by atoms with Gasteiger partial charge in [-0.15, -0.1) is 0 Å². The molecular formula is C20H15F2NO4S. The first-order chi connectivity index (χ1) is 13.2. The third-order valence-corrected chi connectivity index (χ3v) is 5.02. The van der Waals surface area contributed by atoms with Crippen molar-refractivity contribution in [1.29, 1.82) is 0 Å². The zero-order valence-electron chi connectivity index (χ0n) is 14.9. The number of thiophene rings is 1. The lowest BCUT2D eigenvalue weighted by Crippen LogP contribution is -2.26. The Balaban J connectivity index is 2.02. The van der Waals surface area contributed by atoms with E-state index in [2.05, 4.69) is 0 Å². The molecule has 0 saturated carbocycles. The maximum absolute atomic E-state index is 13.5. The zero-order chi connectivity index (χ0) is 20.4. The summed E-state index contributed by atoms with van der Waals surface area (Å²) in [4.78, 5) is 25.4. The quantitative estimate of drug-likeness (QED) is 0.598. The van der Waals surface area contributed by atoms with Crippen molar-refractivity contribution in [3.63, 3.8) is 0 Å². The molecule has 2 aromatic carbocycles. The molecule has 0 fully saturated rings. The maximum atomic E-state index is 13.5. The summed E-state index contributed by atoms with van der Waals surface area (Å²) in [5.74, 6) is -1.92. The van der Waals surface area contributed by atoms with Crippen molar-refractivity contribution in [2.24, 2.45) is 0 Å². The van der Waals surface area contributed by atoms with Crippen molar-refractivity contribution in [2.45, 2.75) is 6.92 Å². The molecule has 0 unspecified atom stereocenters. The summed E-state index contributed by atoms with van der Waals surface area (Å²) < 4.78 is 31.9. The first-order valence-electron chi connectivity index (χ1n) is 8.10. The van der Waals surface area contributed by atoms with Crippen molar-refractivity contribution >= 4 is 29.1 Å². The van der Waals surface area contributed by atoms with Gasteiger partial charge in [0.05, 0.1) is 5.69 Å². The lowest BCUT2D eigenvalue weighted by molar-refractivity contribution is 0.0991. The van der Waals surface area contributed by atoms with Gasteiger partial charge in [0.15, 0.2) is 0 Å². The summed E-state index contributed by atoms with van der Waals surface area (Å²) in [6.07, 6.45) is -1.56. The molecule has 1 amide bonds. The SMILES string of the molecule is Cc1ccc(C(=O)N(C)c2cc(-c3cc(F)cc(F)c3)sc2OC(=O)O)cc1. The first-order valence-corrected chi connectivity index (χ1v) is 8.92. The molecule has 5 nitrogen and oxygen atoms in total. The topological polar surface area (TPSA) is 66.8 Å². The molecule has 0 aliphatic rings. The number of hydrogen-bond acceptors (Lipinski definition) is 4. The highest BCUT2D eigenvalue weighted by Crippen LogP contribution is 2.43. The molecule has 0 aliphatic carbocycles. The van der Waals surface area contributed by atoms with Gasteiger partial charge in [0.25, 0.3) is 5.91 Å². The van der Waals surface area contributed by atoms with Crippen LogP contribution in [0.5, 0.6) is 5.06 Å². The van der Waals surface area contributed by atoms with Gasteiger partial charge in [0.1, 0.15) is 11.6 Å². The van der Waals surface area contributed by atoms with Crippen LogP contribution < -0.4 is 9.64 Å². The van der Waals surface area contributed by atoms with E-state index in [0.717, 1.165) is 35.1 Å². The van der Waals surface area contributed by atoms with Gasteiger partial charge in [-0.1, -0.05) is 29.0 Å². The third kappa shape index (κ3) is 4.17. The van der Waals surface area contributed by atoms with Gasteiger partial charge >= 0.3 is 6.16 Å². The Morgan fingerprint density at radius 2 is 1.64 bits per heavy atom. The van der Waals surface area contributed by atoms with Crippen molar-refractivity contribution in [3.8, 4) is 15.5 Å². The van der Waals surface area contributed by atoms with Crippen LogP contribution in [0.4, 0.5) is 19.3 Å². The van der Waals surface area contributed by atoms with Crippen LogP contribution in [-0.2, 0) is 0 Å². The van der Waals surface area contributed by atoms with Gasteiger partial charge < -0.3 is 14.7 Å². The van der Waals surface area contributed by atoms with Crippen molar-refractivity contribution in [3.05, 3.63) is 71.3 Å². The summed E-state index contributed by atoms with van der Waals surface area (Å²) >= 11 is 0.871. The van der Waals surface area contributed by atoms with Gasteiger partial charge in [-0.2, -0.15) is 0 Å². The number of hydrogen-bond donors (Lipinski definition) is 1. The average Bonchev–Trinajstić information content (AvgIpc) is 3.03. The molecule has 8 heteroatoms. The smallest absolute Gasteiger partial charge is 0.449 e. The molecule has 0 saturated heterocycles. The first kappa shape index (κ1) is 19.5. The molecule has 1 aromatic heterocycles. The van der Waals surface area contributed by atoms with Crippen LogP contribution in [0, 0.1) is 18.6 Å². The summed E-state index contributed by atoms with van der Waals surface area (Å²) in [7, 11) is 1.47. The molecule has 0 atom stereocenters. The van der Waals surface area contributed by atoms with E-state index in [9.17, 15) is 18.4 Å². The fourth-order valence-electron chi connectivity index (χ4n) is 2.59. The molecule has 0 spiro atoms. The van der Waals surface area contributed by atoms with Crippen LogP contribution in [0.1, 0.15) is 15.9 Å². The minimum atomic E-state index is -1.56. The Kier molecular flexibility index (Phi) is 5.41. The summed E-state index contributed by atoms with van der Waals surface area (Å²) in [6.45, 7) is 1.89. The van der Waals surface area contributed by atoms with Gasteiger partial charge in [0, 0.05) is 23.6 Å². The third-order valence-electron chi connectivity index (χ3n) is 3.97. The number of carbonyl (C=O) groups excluding carboxylic acids is 1. The van der Waals surface area contributed by atoms with E-state index in [0.29, 0.717) is 10.4 Å². The van der Waals surface area contributed by atoms with Gasteiger partial charge in [-0.05, 0) is 42.8 Å². The average molecular weight is 403 g/mol. The van der Waals surface area contributed by atoms with Crippen molar-refractivity contribution < 1.29 is 28.2 Å². The monoisotopic (exact) mass is 403 g/mol. The lowest BCUT2D eigenvalue weighted by Gasteiger charge is -2.17. The van der Waals surface area contributed by atoms with E-state index in [-0.39, 0.29) is 22.2 Å². The molecule has 3 aromatic rings. The zero-order valence-corrected chi connectivity index (χ0v) is 15.7. The van der Waals surface area contributed by atoms with E-state index in [1.54, 1.807) is 24.3 Å². The minimum Gasteiger partial charge on any atom is -0.449 e. The summed E-state index contributed by atoms with van der Waals surface area (Å²) in [6, 6.07) is 11.3. The molecular weight excluding hydrogens is 388 g/mol. The molecule has 0 bridgehead atoms. The van der Waals surface area contributed by atoms with E-state index in [1.807, 2.05) is 6.92 Å². The Morgan fingerprint density at radius 3 is 2.21 bits per heavy atom.